The Bertz CT molecular complexity index is 173. The second-order valence-electron chi connectivity index (χ2n) is 2.12. The minimum Gasteiger partial charge on any atom is -0.322 e. The van der Waals surface area contributed by atoms with Crippen LogP contribution in [0.2, 0.25) is 0 Å². The van der Waals surface area contributed by atoms with Crippen molar-refractivity contribution in [2.75, 3.05) is 0 Å². The molecule has 0 aromatic heterocycles. The van der Waals surface area contributed by atoms with Crippen LogP contribution in [0.1, 0.15) is 6.92 Å². The number of nitrogens with two attached hydrogens (primary N) is 1. The van der Waals surface area contributed by atoms with Crippen LogP contribution < -0.4 is 5.73 Å². The van der Waals surface area contributed by atoms with E-state index in [9.17, 15) is 0 Å². The average Bonchev–Trinajstić information content (AvgIpc) is 1.90. The van der Waals surface area contributed by atoms with Crippen molar-refractivity contribution in [3.05, 3.63) is 36.0 Å². The Morgan fingerprint density at radius 1 is 1.67 bits per heavy atom. The third-order valence-corrected chi connectivity index (χ3v) is 1.27. The lowest BCUT2D eigenvalue weighted by Crippen LogP contribution is -2.16. The van der Waals surface area contributed by atoms with E-state index in [1.165, 1.54) is 0 Å². The minimum atomic E-state index is 0.139. The van der Waals surface area contributed by atoms with Crippen LogP contribution in [0.4, 0.5) is 0 Å². The molecule has 1 heteroatoms. The first-order valence-corrected chi connectivity index (χ1v) is 3.02. The fourth-order valence-electron chi connectivity index (χ4n) is 0.703. The van der Waals surface area contributed by atoms with Gasteiger partial charge in [0, 0.05) is 6.08 Å². The SMILES string of the molecule is C[C@@H](N)C1=CC=[C+]C=C1. The van der Waals surface area contributed by atoms with E-state index in [0.717, 1.165) is 5.57 Å². The molecule has 0 bridgehead atoms. The average molecular weight is 120 g/mol. The molecule has 1 atom stereocenters. The summed E-state index contributed by atoms with van der Waals surface area (Å²) < 4.78 is 0. The minimum absolute atomic E-state index is 0.139. The molecule has 1 aliphatic rings. The standard InChI is InChI=1S/C8H10N/c1-7(9)8-5-3-2-4-6-8/h3-7H,9H2,1H3/q+1/t7-/m1/s1. The van der Waals surface area contributed by atoms with E-state index < -0.39 is 0 Å². The molecule has 0 fully saturated rings. The molecule has 0 aliphatic heterocycles. The number of hydrogen-bond donors (Lipinski definition) is 1. The molecule has 46 valence electrons. The lowest BCUT2D eigenvalue weighted by Gasteiger charge is -1.98. The van der Waals surface area contributed by atoms with Crippen molar-refractivity contribution in [3.8, 4) is 0 Å². The zero-order valence-corrected chi connectivity index (χ0v) is 5.46. The Morgan fingerprint density at radius 3 is 2.78 bits per heavy atom. The molecule has 0 saturated carbocycles. The van der Waals surface area contributed by atoms with Crippen molar-refractivity contribution in [1.82, 2.24) is 0 Å². The molecule has 0 amide bonds. The van der Waals surface area contributed by atoms with Crippen LogP contribution >= 0.6 is 0 Å². The molecular weight excluding hydrogens is 110 g/mol. The van der Waals surface area contributed by atoms with Gasteiger partial charge in [-0.1, -0.05) is 0 Å². The van der Waals surface area contributed by atoms with Gasteiger partial charge in [0.2, 0.25) is 0 Å². The highest BCUT2D eigenvalue weighted by atomic mass is 14.6. The molecule has 0 spiro atoms. The van der Waals surface area contributed by atoms with Gasteiger partial charge >= 0.3 is 0 Å². The van der Waals surface area contributed by atoms with E-state index in [4.69, 9.17) is 5.73 Å². The summed E-state index contributed by atoms with van der Waals surface area (Å²) in [5.41, 5.74) is 6.76. The van der Waals surface area contributed by atoms with Crippen LogP contribution in [0.5, 0.6) is 0 Å². The van der Waals surface area contributed by atoms with Gasteiger partial charge in [-0.15, -0.1) is 0 Å². The molecule has 0 heterocycles. The van der Waals surface area contributed by atoms with E-state index in [1.54, 1.807) is 0 Å². The molecule has 0 aromatic carbocycles. The van der Waals surface area contributed by atoms with Crippen molar-refractivity contribution in [3.63, 3.8) is 0 Å². The molecule has 0 unspecified atom stereocenters. The van der Waals surface area contributed by atoms with Crippen LogP contribution in [0.25, 0.3) is 0 Å². The van der Waals surface area contributed by atoms with Gasteiger partial charge in [0.05, 0.1) is 23.8 Å². The number of allylic oxidation sites excluding steroid dienone is 4. The predicted octanol–water partition coefficient (Wildman–Crippen LogP) is 1.19. The lowest BCUT2D eigenvalue weighted by molar-refractivity contribution is 0.884. The Kier molecular flexibility index (Phi) is 1.78. The molecule has 9 heavy (non-hydrogen) atoms. The van der Waals surface area contributed by atoms with Gasteiger partial charge in [-0.05, 0) is 6.92 Å². The Hall–Kier alpha value is -0.910. The highest BCUT2D eigenvalue weighted by Gasteiger charge is 2.05. The van der Waals surface area contributed by atoms with Gasteiger partial charge in [0.15, 0.2) is 0 Å². The first-order valence-electron chi connectivity index (χ1n) is 3.02. The summed E-state index contributed by atoms with van der Waals surface area (Å²) in [5.74, 6) is 0. The zero-order chi connectivity index (χ0) is 6.69. The van der Waals surface area contributed by atoms with Crippen molar-refractivity contribution < 1.29 is 0 Å². The van der Waals surface area contributed by atoms with Crippen LogP contribution in [0.3, 0.4) is 0 Å². The summed E-state index contributed by atoms with van der Waals surface area (Å²) in [6.45, 7) is 1.97. The third kappa shape index (κ3) is 1.49. The first-order chi connectivity index (χ1) is 4.30. The van der Waals surface area contributed by atoms with Gasteiger partial charge in [-0.3, -0.25) is 0 Å². The number of hydrogen-bond acceptors (Lipinski definition) is 1. The molecule has 0 aromatic rings. The lowest BCUT2D eigenvalue weighted by atomic mass is 10.1. The maximum Gasteiger partial charge on any atom is 0.103 e. The smallest absolute Gasteiger partial charge is 0.103 e. The summed E-state index contributed by atoms with van der Waals surface area (Å²) in [7, 11) is 0. The van der Waals surface area contributed by atoms with Gasteiger partial charge < -0.3 is 5.73 Å². The van der Waals surface area contributed by atoms with Gasteiger partial charge in [0.25, 0.3) is 0 Å². The van der Waals surface area contributed by atoms with E-state index >= 15 is 0 Å². The van der Waals surface area contributed by atoms with Crippen molar-refractivity contribution in [2.24, 2.45) is 5.73 Å². The fourth-order valence-corrected chi connectivity index (χ4v) is 0.703. The van der Waals surface area contributed by atoms with Gasteiger partial charge in [-0.25, -0.2) is 0 Å². The molecular formula is C8H10N+. The van der Waals surface area contributed by atoms with E-state index in [0.29, 0.717) is 0 Å². The van der Waals surface area contributed by atoms with Crippen molar-refractivity contribution in [1.29, 1.82) is 0 Å². The highest BCUT2D eigenvalue weighted by Crippen LogP contribution is 2.05. The predicted molar refractivity (Wildman–Crippen MR) is 38.7 cm³/mol. The van der Waals surface area contributed by atoms with E-state index in [-0.39, 0.29) is 6.04 Å². The quantitative estimate of drug-likeness (QED) is 0.517. The van der Waals surface area contributed by atoms with Gasteiger partial charge in [-0.2, -0.15) is 0 Å². The maximum absolute atomic E-state index is 5.60. The largest absolute Gasteiger partial charge is 0.322 e. The van der Waals surface area contributed by atoms with Crippen LogP contribution in [0, 0.1) is 6.08 Å². The second-order valence-corrected chi connectivity index (χ2v) is 2.12. The topological polar surface area (TPSA) is 26.0 Å². The monoisotopic (exact) mass is 120 g/mol. The molecule has 2 N–H and O–H groups in total. The summed E-state index contributed by atoms with van der Waals surface area (Å²) in [6, 6.07) is 0.139. The normalized spacial score (nSPS) is 18.7. The molecule has 1 nitrogen and oxygen atoms in total. The van der Waals surface area contributed by atoms with Crippen molar-refractivity contribution >= 4 is 0 Å². The molecule has 0 saturated heterocycles. The van der Waals surface area contributed by atoms with E-state index in [2.05, 4.69) is 6.08 Å². The molecule has 1 rings (SSSR count). The van der Waals surface area contributed by atoms with E-state index in [1.807, 2.05) is 31.2 Å². The Balaban J connectivity index is 2.72. The van der Waals surface area contributed by atoms with Gasteiger partial charge in [0.1, 0.15) is 12.2 Å². The molecule has 1 aliphatic carbocycles. The summed E-state index contributed by atoms with van der Waals surface area (Å²) in [6.07, 6.45) is 10.6. The van der Waals surface area contributed by atoms with Crippen LogP contribution in [0.15, 0.2) is 29.9 Å². The molecule has 0 radical (unpaired) electrons. The van der Waals surface area contributed by atoms with Crippen LogP contribution in [-0.2, 0) is 0 Å². The summed E-state index contributed by atoms with van der Waals surface area (Å²) in [5, 5.41) is 0. The highest BCUT2D eigenvalue weighted by molar-refractivity contribution is 5.32. The third-order valence-electron chi connectivity index (χ3n) is 1.27. The fraction of sp³-hybridized carbons (Fsp3) is 0.250. The Labute approximate surface area is 55.6 Å². The second kappa shape index (κ2) is 2.58. The first kappa shape index (κ1) is 6.21. The summed E-state index contributed by atoms with van der Waals surface area (Å²) in [4.78, 5) is 0. The Morgan fingerprint density at radius 2 is 2.44 bits per heavy atom. The van der Waals surface area contributed by atoms with Crippen LogP contribution in [-0.4, -0.2) is 6.04 Å². The zero-order valence-electron chi connectivity index (χ0n) is 5.46. The van der Waals surface area contributed by atoms with Crippen molar-refractivity contribution in [2.45, 2.75) is 13.0 Å². The maximum atomic E-state index is 5.60. The number of rotatable bonds is 1. The summed E-state index contributed by atoms with van der Waals surface area (Å²) >= 11 is 0.